The summed E-state index contributed by atoms with van der Waals surface area (Å²) in [6.45, 7) is 7.77. The first-order valence-corrected chi connectivity index (χ1v) is 6.68. The zero-order valence-corrected chi connectivity index (χ0v) is 11.9. The molecule has 5 nitrogen and oxygen atoms in total. The van der Waals surface area contributed by atoms with Crippen LogP contribution in [-0.4, -0.2) is 32.3 Å². The molecule has 3 N–H and O–H groups in total. The third-order valence-electron chi connectivity index (χ3n) is 2.59. The number of carbonyl (C=O) groups is 1. The highest BCUT2D eigenvalue weighted by atomic mass is 16.5. The molecule has 0 saturated heterocycles. The zero-order valence-electron chi connectivity index (χ0n) is 11.9. The first-order valence-electron chi connectivity index (χ1n) is 6.68. The van der Waals surface area contributed by atoms with Crippen molar-refractivity contribution in [1.82, 2.24) is 5.32 Å². The maximum Gasteiger partial charge on any atom is 0.251 e. The molecule has 0 unspecified atom stereocenters. The van der Waals surface area contributed by atoms with Crippen LogP contribution in [0.15, 0.2) is 30.9 Å². The van der Waals surface area contributed by atoms with E-state index in [1.54, 1.807) is 24.3 Å². The molecule has 0 aliphatic rings. The molecule has 20 heavy (non-hydrogen) atoms. The van der Waals surface area contributed by atoms with Crippen LogP contribution in [0.3, 0.4) is 0 Å². The molecule has 5 heteroatoms. The van der Waals surface area contributed by atoms with Crippen LogP contribution in [0, 0.1) is 0 Å². The third kappa shape index (κ3) is 5.32. The highest BCUT2D eigenvalue weighted by molar-refractivity contribution is 5.95. The van der Waals surface area contributed by atoms with Gasteiger partial charge in [-0.25, -0.2) is 0 Å². The number of ether oxygens (including phenoxy) is 2. The van der Waals surface area contributed by atoms with Crippen molar-refractivity contribution < 1.29 is 14.3 Å². The second-order valence-corrected chi connectivity index (χ2v) is 4.16. The van der Waals surface area contributed by atoms with Crippen LogP contribution in [0.1, 0.15) is 23.7 Å². The van der Waals surface area contributed by atoms with Crippen molar-refractivity contribution in [2.75, 3.05) is 32.1 Å². The summed E-state index contributed by atoms with van der Waals surface area (Å²) in [6.07, 6.45) is 2.41. The number of hydrogen-bond donors (Lipinski definition) is 2. The van der Waals surface area contributed by atoms with Crippen molar-refractivity contribution in [3.05, 3.63) is 36.4 Å². The summed E-state index contributed by atoms with van der Waals surface area (Å²) in [7, 11) is 0. The largest absolute Gasteiger partial charge is 0.487 e. The van der Waals surface area contributed by atoms with Gasteiger partial charge in [-0.15, -0.1) is 0 Å². The predicted octanol–water partition coefficient (Wildman–Crippen LogP) is 1.99. The van der Waals surface area contributed by atoms with E-state index in [4.69, 9.17) is 15.2 Å². The summed E-state index contributed by atoms with van der Waals surface area (Å²) in [5, 5.41) is 2.83. The topological polar surface area (TPSA) is 73.6 Å². The standard InChI is InChI=1S/C15H22N2O3/c1-3-9-20-14-11-12(6-7-13(14)16)15(18)17-8-5-10-19-4-2/h3,6-7,11H,1,4-5,8-10,16H2,2H3,(H,17,18). The van der Waals surface area contributed by atoms with Gasteiger partial charge >= 0.3 is 0 Å². The van der Waals surface area contributed by atoms with Crippen LogP contribution in [-0.2, 0) is 4.74 Å². The number of hydrogen-bond acceptors (Lipinski definition) is 4. The summed E-state index contributed by atoms with van der Waals surface area (Å²) >= 11 is 0. The van der Waals surface area contributed by atoms with E-state index in [-0.39, 0.29) is 5.91 Å². The van der Waals surface area contributed by atoms with Crippen molar-refractivity contribution in [3.63, 3.8) is 0 Å². The second kappa shape index (κ2) is 8.98. The molecule has 110 valence electrons. The van der Waals surface area contributed by atoms with Crippen LogP contribution in [0.25, 0.3) is 0 Å². The van der Waals surface area contributed by atoms with E-state index >= 15 is 0 Å². The number of nitrogens with two attached hydrogens (primary N) is 1. The molecule has 0 bridgehead atoms. The van der Waals surface area contributed by atoms with Crippen molar-refractivity contribution in [1.29, 1.82) is 0 Å². The summed E-state index contributed by atoms with van der Waals surface area (Å²) < 4.78 is 10.6. The minimum Gasteiger partial charge on any atom is -0.487 e. The van der Waals surface area contributed by atoms with Gasteiger partial charge in [0.15, 0.2) is 0 Å². The Bertz CT molecular complexity index is 447. The van der Waals surface area contributed by atoms with Crippen LogP contribution < -0.4 is 15.8 Å². The maximum atomic E-state index is 11.9. The number of nitrogen functional groups attached to an aromatic ring is 1. The quantitative estimate of drug-likeness (QED) is 0.411. The highest BCUT2D eigenvalue weighted by Crippen LogP contribution is 2.22. The molecular formula is C15H22N2O3. The predicted molar refractivity (Wildman–Crippen MR) is 80.0 cm³/mol. The highest BCUT2D eigenvalue weighted by Gasteiger charge is 2.08. The number of carbonyl (C=O) groups excluding carboxylic acids is 1. The van der Waals surface area contributed by atoms with Gasteiger partial charge in [0.2, 0.25) is 0 Å². The Kier molecular flexibility index (Phi) is 7.21. The molecule has 0 aliphatic heterocycles. The monoisotopic (exact) mass is 278 g/mol. The van der Waals surface area contributed by atoms with E-state index in [1.165, 1.54) is 0 Å². The molecular weight excluding hydrogens is 256 g/mol. The Balaban J connectivity index is 2.52. The Hall–Kier alpha value is -2.01. The average molecular weight is 278 g/mol. The fraction of sp³-hybridized carbons (Fsp3) is 0.400. The molecule has 0 saturated carbocycles. The van der Waals surface area contributed by atoms with Crippen molar-refractivity contribution in [2.24, 2.45) is 0 Å². The lowest BCUT2D eigenvalue weighted by molar-refractivity contribution is 0.0944. The van der Waals surface area contributed by atoms with Crippen molar-refractivity contribution in [2.45, 2.75) is 13.3 Å². The smallest absolute Gasteiger partial charge is 0.251 e. The fourth-order valence-corrected chi connectivity index (χ4v) is 1.57. The molecule has 1 aromatic carbocycles. The van der Waals surface area contributed by atoms with Crippen LogP contribution in [0.5, 0.6) is 5.75 Å². The van der Waals surface area contributed by atoms with Crippen LogP contribution in [0.4, 0.5) is 5.69 Å². The molecule has 0 aliphatic carbocycles. The van der Waals surface area contributed by atoms with E-state index in [0.717, 1.165) is 6.42 Å². The van der Waals surface area contributed by atoms with Gasteiger partial charge in [0.05, 0.1) is 5.69 Å². The number of rotatable bonds is 9. The van der Waals surface area contributed by atoms with E-state index in [9.17, 15) is 4.79 Å². The Morgan fingerprint density at radius 3 is 3.00 bits per heavy atom. The number of nitrogens with one attached hydrogen (secondary N) is 1. The SMILES string of the molecule is C=CCOc1cc(C(=O)NCCCOCC)ccc1N. The minimum atomic E-state index is -0.148. The summed E-state index contributed by atoms with van der Waals surface area (Å²) in [5.41, 5.74) is 6.80. The lowest BCUT2D eigenvalue weighted by atomic mass is 10.1. The van der Waals surface area contributed by atoms with Crippen LogP contribution in [0.2, 0.25) is 0 Å². The van der Waals surface area contributed by atoms with Gasteiger partial charge in [-0.1, -0.05) is 12.7 Å². The van der Waals surface area contributed by atoms with E-state index in [2.05, 4.69) is 11.9 Å². The molecule has 0 heterocycles. The summed E-state index contributed by atoms with van der Waals surface area (Å²) in [5.74, 6) is 0.344. The van der Waals surface area contributed by atoms with Gasteiger partial charge in [0.1, 0.15) is 12.4 Å². The van der Waals surface area contributed by atoms with Gasteiger partial charge in [-0.2, -0.15) is 0 Å². The number of benzene rings is 1. The minimum absolute atomic E-state index is 0.148. The molecule has 1 aromatic rings. The zero-order chi connectivity index (χ0) is 14.8. The van der Waals surface area contributed by atoms with Crippen molar-refractivity contribution >= 4 is 11.6 Å². The Morgan fingerprint density at radius 2 is 2.30 bits per heavy atom. The van der Waals surface area contributed by atoms with Crippen LogP contribution >= 0.6 is 0 Å². The van der Waals surface area contributed by atoms with Crippen molar-refractivity contribution in [3.8, 4) is 5.75 Å². The van der Waals surface area contributed by atoms with Gasteiger partial charge in [-0.05, 0) is 31.5 Å². The van der Waals surface area contributed by atoms with E-state index in [1.807, 2.05) is 6.92 Å². The van der Waals surface area contributed by atoms with E-state index in [0.29, 0.717) is 43.4 Å². The first-order chi connectivity index (χ1) is 9.69. The molecule has 0 atom stereocenters. The summed E-state index contributed by atoms with van der Waals surface area (Å²) in [6, 6.07) is 4.97. The lowest BCUT2D eigenvalue weighted by Crippen LogP contribution is -2.25. The second-order valence-electron chi connectivity index (χ2n) is 4.16. The number of anilines is 1. The Morgan fingerprint density at radius 1 is 1.50 bits per heavy atom. The Labute approximate surface area is 119 Å². The number of amides is 1. The van der Waals surface area contributed by atoms with Gasteiger partial charge in [0, 0.05) is 25.3 Å². The molecule has 0 radical (unpaired) electrons. The van der Waals surface area contributed by atoms with E-state index < -0.39 is 0 Å². The van der Waals surface area contributed by atoms with Gasteiger partial charge in [0.25, 0.3) is 5.91 Å². The first kappa shape index (κ1) is 16.0. The molecule has 0 fully saturated rings. The lowest BCUT2D eigenvalue weighted by Gasteiger charge is -2.10. The molecule has 1 rings (SSSR count). The molecule has 0 aromatic heterocycles. The third-order valence-corrected chi connectivity index (χ3v) is 2.59. The van der Waals surface area contributed by atoms with Gasteiger partial charge in [-0.3, -0.25) is 4.79 Å². The normalized spacial score (nSPS) is 10.1. The summed E-state index contributed by atoms with van der Waals surface area (Å²) in [4.78, 5) is 11.9. The molecule has 0 spiro atoms. The van der Waals surface area contributed by atoms with Gasteiger partial charge < -0.3 is 20.5 Å². The maximum absolute atomic E-state index is 11.9. The average Bonchev–Trinajstić information content (AvgIpc) is 2.46. The molecule has 1 amide bonds. The fourth-order valence-electron chi connectivity index (χ4n) is 1.57.